The van der Waals surface area contributed by atoms with E-state index in [0.717, 1.165) is 11.3 Å². The van der Waals surface area contributed by atoms with E-state index in [-0.39, 0.29) is 0 Å². The van der Waals surface area contributed by atoms with Gasteiger partial charge in [0.2, 0.25) is 0 Å². The molecular formula is C11H14O2. The number of allylic oxidation sites excluding steroid dienone is 1. The molecule has 0 amide bonds. The van der Waals surface area contributed by atoms with E-state index >= 15 is 0 Å². The van der Waals surface area contributed by atoms with Crippen LogP contribution in [0.5, 0.6) is 11.5 Å². The van der Waals surface area contributed by atoms with Crippen LogP contribution < -0.4 is 4.74 Å². The molecule has 0 radical (unpaired) electrons. The topological polar surface area (TPSA) is 29.5 Å². The first-order valence-corrected chi connectivity index (χ1v) is 4.33. The Labute approximate surface area is 78.5 Å². The third kappa shape index (κ3) is 2.51. The lowest BCUT2D eigenvalue weighted by molar-refractivity contribution is 0.339. The largest absolute Gasteiger partial charge is 0.508 e. The first kappa shape index (κ1) is 9.65. The van der Waals surface area contributed by atoms with E-state index in [1.54, 1.807) is 18.2 Å². The molecule has 0 atom stereocenters. The van der Waals surface area contributed by atoms with Gasteiger partial charge < -0.3 is 9.84 Å². The molecule has 1 N–H and O–H groups in total. The minimum absolute atomic E-state index is 0.295. The Morgan fingerprint density at radius 3 is 2.92 bits per heavy atom. The Balaban J connectivity index is 2.89. The highest BCUT2D eigenvalue weighted by Gasteiger charge is 2.00. The first-order chi connectivity index (χ1) is 6.27. The van der Waals surface area contributed by atoms with Gasteiger partial charge in [0.15, 0.2) is 0 Å². The molecular weight excluding hydrogens is 164 g/mol. The maximum atomic E-state index is 9.43. The van der Waals surface area contributed by atoms with Gasteiger partial charge in [-0.1, -0.05) is 6.08 Å². The van der Waals surface area contributed by atoms with Crippen LogP contribution in [0.4, 0.5) is 0 Å². The molecule has 0 heterocycles. The molecule has 2 heteroatoms. The number of aromatic hydroxyl groups is 1. The van der Waals surface area contributed by atoms with Gasteiger partial charge in [-0.2, -0.15) is 0 Å². The highest BCUT2D eigenvalue weighted by molar-refractivity contribution is 5.40. The second-order valence-electron chi connectivity index (χ2n) is 2.72. The van der Waals surface area contributed by atoms with Crippen molar-refractivity contribution in [3.63, 3.8) is 0 Å². The summed E-state index contributed by atoms with van der Waals surface area (Å²) >= 11 is 0. The number of phenols is 1. The van der Waals surface area contributed by atoms with Gasteiger partial charge in [0.25, 0.3) is 0 Å². The summed E-state index contributed by atoms with van der Waals surface area (Å²) in [5.41, 5.74) is 0.848. The molecule has 1 aromatic rings. The number of phenolic OH excluding ortho intramolecular Hbond substituents is 1. The molecule has 0 aliphatic heterocycles. The van der Waals surface area contributed by atoms with Gasteiger partial charge in [-0.3, -0.25) is 0 Å². The third-order valence-corrected chi connectivity index (χ3v) is 1.73. The van der Waals surface area contributed by atoms with Crippen LogP contribution in [0.3, 0.4) is 0 Å². The van der Waals surface area contributed by atoms with Gasteiger partial charge in [0.05, 0.1) is 6.61 Å². The summed E-state index contributed by atoms with van der Waals surface area (Å²) in [4.78, 5) is 0. The number of hydrogen-bond acceptors (Lipinski definition) is 2. The molecule has 0 saturated heterocycles. The highest BCUT2D eigenvalue weighted by atomic mass is 16.5. The van der Waals surface area contributed by atoms with Crippen LogP contribution in [0.1, 0.15) is 12.5 Å². The summed E-state index contributed by atoms with van der Waals surface area (Å²) in [5, 5.41) is 9.43. The normalized spacial score (nSPS) is 9.62. The lowest BCUT2D eigenvalue weighted by Gasteiger charge is -2.06. The summed E-state index contributed by atoms with van der Waals surface area (Å²) in [7, 11) is 0. The van der Waals surface area contributed by atoms with Crippen molar-refractivity contribution in [2.75, 3.05) is 6.61 Å². The maximum absolute atomic E-state index is 9.43. The molecule has 0 unspecified atom stereocenters. The summed E-state index contributed by atoms with van der Waals surface area (Å²) < 4.78 is 5.30. The molecule has 2 nitrogen and oxygen atoms in total. The minimum atomic E-state index is 0.295. The fourth-order valence-electron chi connectivity index (χ4n) is 1.14. The van der Waals surface area contributed by atoms with Crippen LogP contribution in [0.15, 0.2) is 30.9 Å². The Hall–Kier alpha value is -1.44. The monoisotopic (exact) mass is 178 g/mol. The van der Waals surface area contributed by atoms with Crippen molar-refractivity contribution in [1.82, 2.24) is 0 Å². The highest BCUT2D eigenvalue weighted by Crippen LogP contribution is 2.23. The quantitative estimate of drug-likeness (QED) is 0.718. The summed E-state index contributed by atoms with van der Waals surface area (Å²) in [6.07, 6.45) is 2.41. The van der Waals surface area contributed by atoms with E-state index in [4.69, 9.17) is 4.74 Å². The molecule has 0 bridgehead atoms. The van der Waals surface area contributed by atoms with Crippen LogP contribution >= 0.6 is 0 Å². The summed E-state index contributed by atoms with van der Waals surface area (Å²) in [6, 6.07) is 5.23. The maximum Gasteiger partial charge on any atom is 0.119 e. The van der Waals surface area contributed by atoms with Gasteiger partial charge in [0.1, 0.15) is 11.5 Å². The van der Waals surface area contributed by atoms with E-state index in [0.29, 0.717) is 18.8 Å². The van der Waals surface area contributed by atoms with Gasteiger partial charge in [-0.25, -0.2) is 0 Å². The molecule has 70 valence electrons. The van der Waals surface area contributed by atoms with E-state index < -0.39 is 0 Å². The van der Waals surface area contributed by atoms with Crippen molar-refractivity contribution in [3.8, 4) is 11.5 Å². The zero-order chi connectivity index (χ0) is 9.68. The van der Waals surface area contributed by atoms with Crippen molar-refractivity contribution >= 4 is 0 Å². The number of ether oxygens (including phenoxy) is 1. The fourth-order valence-corrected chi connectivity index (χ4v) is 1.14. The average Bonchev–Trinajstić information content (AvgIpc) is 2.12. The predicted molar refractivity (Wildman–Crippen MR) is 53.2 cm³/mol. The van der Waals surface area contributed by atoms with Crippen molar-refractivity contribution in [2.45, 2.75) is 13.3 Å². The molecule has 0 saturated carbocycles. The zero-order valence-electron chi connectivity index (χ0n) is 7.79. The Kier molecular flexibility index (Phi) is 3.38. The second-order valence-corrected chi connectivity index (χ2v) is 2.72. The molecule has 0 fully saturated rings. The standard InChI is InChI=1S/C11H14O2/c1-3-5-9-8-10(13-4-2)6-7-11(9)12/h3,6-8,12H,1,4-5H2,2H3. The Morgan fingerprint density at radius 2 is 2.31 bits per heavy atom. The van der Waals surface area contributed by atoms with Crippen LogP contribution in [-0.4, -0.2) is 11.7 Å². The number of benzene rings is 1. The Bertz CT molecular complexity index is 292. The Morgan fingerprint density at radius 1 is 1.54 bits per heavy atom. The average molecular weight is 178 g/mol. The van der Waals surface area contributed by atoms with E-state index in [1.165, 1.54) is 0 Å². The molecule has 0 aliphatic carbocycles. The van der Waals surface area contributed by atoms with Gasteiger partial charge in [-0.05, 0) is 31.5 Å². The van der Waals surface area contributed by atoms with Crippen LogP contribution in [0, 0.1) is 0 Å². The number of hydrogen-bond donors (Lipinski definition) is 1. The van der Waals surface area contributed by atoms with E-state index in [9.17, 15) is 5.11 Å². The summed E-state index contributed by atoms with van der Waals surface area (Å²) in [5.74, 6) is 1.08. The van der Waals surface area contributed by atoms with Crippen LogP contribution in [0.25, 0.3) is 0 Å². The van der Waals surface area contributed by atoms with E-state index in [2.05, 4.69) is 6.58 Å². The third-order valence-electron chi connectivity index (χ3n) is 1.73. The number of rotatable bonds is 4. The minimum Gasteiger partial charge on any atom is -0.508 e. The van der Waals surface area contributed by atoms with Gasteiger partial charge in [0, 0.05) is 5.56 Å². The van der Waals surface area contributed by atoms with Crippen LogP contribution in [0.2, 0.25) is 0 Å². The molecule has 1 rings (SSSR count). The second kappa shape index (κ2) is 4.55. The van der Waals surface area contributed by atoms with Crippen molar-refractivity contribution in [1.29, 1.82) is 0 Å². The first-order valence-electron chi connectivity index (χ1n) is 4.33. The zero-order valence-corrected chi connectivity index (χ0v) is 7.79. The van der Waals surface area contributed by atoms with Gasteiger partial charge >= 0.3 is 0 Å². The predicted octanol–water partition coefficient (Wildman–Crippen LogP) is 2.52. The molecule has 13 heavy (non-hydrogen) atoms. The molecule has 0 spiro atoms. The lowest BCUT2D eigenvalue weighted by atomic mass is 10.1. The van der Waals surface area contributed by atoms with Crippen molar-refractivity contribution < 1.29 is 9.84 Å². The molecule has 0 aromatic heterocycles. The lowest BCUT2D eigenvalue weighted by Crippen LogP contribution is -1.92. The van der Waals surface area contributed by atoms with Crippen molar-refractivity contribution in [3.05, 3.63) is 36.4 Å². The molecule has 0 aliphatic rings. The van der Waals surface area contributed by atoms with Gasteiger partial charge in [-0.15, -0.1) is 6.58 Å². The summed E-state index contributed by atoms with van der Waals surface area (Å²) in [6.45, 7) is 6.19. The van der Waals surface area contributed by atoms with Crippen LogP contribution in [-0.2, 0) is 6.42 Å². The fraction of sp³-hybridized carbons (Fsp3) is 0.273. The molecule has 1 aromatic carbocycles. The SMILES string of the molecule is C=CCc1cc(OCC)ccc1O. The smallest absolute Gasteiger partial charge is 0.119 e. The van der Waals surface area contributed by atoms with Crippen molar-refractivity contribution in [2.24, 2.45) is 0 Å². The van der Waals surface area contributed by atoms with E-state index in [1.807, 2.05) is 13.0 Å².